The summed E-state index contributed by atoms with van der Waals surface area (Å²) in [6.45, 7) is 5.48. The summed E-state index contributed by atoms with van der Waals surface area (Å²) in [7, 11) is 1.48. The molecule has 3 aromatic rings. The molecule has 2 aliphatic heterocycles. The van der Waals surface area contributed by atoms with E-state index in [4.69, 9.17) is 4.74 Å². The normalized spacial score (nSPS) is 25.8. The zero-order chi connectivity index (χ0) is 24.6. The van der Waals surface area contributed by atoms with Gasteiger partial charge in [0.25, 0.3) is 0 Å². The molecule has 0 aliphatic carbocycles. The monoisotopic (exact) mass is 478 g/mol. The zero-order valence-electron chi connectivity index (χ0n) is 20.3. The molecule has 1 aromatic carbocycles. The van der Waals surface area contributed by atoms with Crippen molar-refractivity contribution in [2.75, 3.05) is 19.0 Å². The Balaban J connectivity index is 1.29. The fourth-order valence-corrected chi connectivity index (χ4v) is 5.95. The van der Waals surface area contributed by atoms with Crippen LogP contribution < -0.4 is 15.4 Å². The minimum atomic E-state index is -0.603. The lowest BCUT2D eigenvalue weighted by Gasteiger charge is -2.53. The molecule has 9 heteroatoms. The molecule has 0 spiro atoms. The second-order valence-corrected chi connectivity index (χ2v) is 10.4. The van der Waals surface area contributed by atoms with E-state index >= 15 is 4.39 Å². The Morgan fingerprint density at radius 2 is 1.86 bits per heavy atom. The Kier molecular flexibility index (Phi) is 6.04. The van der Waals surface area contributed by atoms with Crippen LogP contribution in [0.15, 0.2) is 36.5 Å². The number of nitrogens with one attached hydrogen (secondary N) is 2. The van der Waals surface area contributed by atoms with Crippen molar-refractivity contribution in [1.29, 1.82) is 0 Å². The lowest BCUT2D eigenvalue weighted by Crippen LogP contribution is -2.63. The Labute approximate surface area is 204 Å². The zero-order valence-corrected chi connectivity index (χ0v) is 20.3. The minimum absolute atomic E-state index is 0.00816. The number of fused-ring (bicyclic) bond motifs is 2. The maximum Gasteiger partial charge on any atom is 0.233 e. The lowest BCUT2D eigenvalue weighted by atomic mass is 9.67. The van der Waals surface area contributed by atoms with Crippen molar-refractivity contribution in [3.05, 3.63) is 42.3 Å². The molecule has 2 saturated heterocycles. The Morgan fingerprint density at radius 1 is 1.09 bits per heavy atom. The number of methoxy groups -OCH3 is 1. The van der Waals surface area contributed by atoms with Gasteiger partial charge in [0.15, 0.2) is 0 Å². The second kappa shape index (κ2) is 9.03. The van der Waals surface area contributed by atoms with E-state index in [-0.39, 0.29) is 28.1 Å². The summed E-state index contributed by atoms with van der Waals surface area (Å²) in [5.41, 5.74) is 1.70. The summed E-state index contributed by atoms with van der Waals surface area (Å²) in [4.78, 5) is 0. The van der Waals surface area contributed by atoms with Crippen LogP contribution in [0.3, 0.4) is 0 Å². The Morgan fingerprint density at radius 3 is 2.51 bits per heavy atom. The molecule has 4 heterocycles. The molecular weight excluding hydrogens is 447 g/mol. The molecule has 2 aliphatic rings. The van der Waals surface area contributed by atoms with E-state index in [0.29, 0.717) is 28.7 Å². The van der Waals surface area contributed by atoms with E-state index in [0.717, 1.165) is 19.4 Å². The predicted molar refractivity (Wildman–Crippen MR) is 132 cm³/mol. The SMILES string of the molecule is COc1cc(-c2cc(O)c(-c3ccc(NCC4CC5(C)CCCC(C)(C4)N5)nn3)c(F)c2)cnn1. The smallest absolute Gasteiger partial charge is 0.233 e. The Hall–Kier alpha value is -3.33. The van der Waals surface area contributed by atoms with Crippen molar-refractivity contribution < 1.29 is 14.2 Å². The minimum Gasteiger partial charge on any atom is -0.507 e. The van der Waals surface area contributed by atoms with Crippen molar-refractivity contribution >= 4 is 5.82 Å². The summed E-state index contributed by atoms with van der Waals surface area (Å²) >= 11 is 0. The number of aromatic hydroxyl groups is 1. The van der Waals surface area contributed by atoms with Crippen LogP contribution in [0, 0.1) is 11.7 Å². The van der Waals surface area contributed by atoms with Crippen LogP contribution in [0.25, 0.3) is 22.4 Å². The second-order valence-electron chi connectivity index (χ2n) is 10.4. The number of hydrogen-bond acceptors (Lipinski definition) is 8. The van der Waals surface area contributed by atoms with Crippen molar-refractivity contribution in [2.24, 2.45) is 5.92 Å². The first kappa shape index (κ1) is 23.4. The molecule has 8 nitrogen and oxygen atoms in total. The van der Waals surface area contributed by atoms with Crippen LogP contribution in [0.2, 0.25) is 0 Å². The summed E-state index contributed by atoms with van der Waals surface area (Å²) in [6.07, 6.45) is 7.45. The number of nitrogens with zero attached hydrogens (tertiary/aromatic N) is 4. The molecule has 2 unspecified atom stereocenters. The summed E-state index contributed by atoms with van der Waals surface area (Å²) < 4.78 is 20.1. The maximum absolute atomic E-state index is 15.0. The molecule has 2 bridgehead atoms. The summed E-state index contributed by atoms with van der Waals surface area (Å²) in [5.74, 6) is 0.654. The van der Waals surface area contributed by atoms with Crippen LogP contribution in [0.5, 0.6) is 11.6 Å². The average Bonchev–Trinajstić information content (AvgIpc) is 2.82. The molecule has 3 N–H and O–H groups in total. The third-order valence-electron chi connectivity index (χ3n) is 7.28. The van der Waals surface area contributed by atoms with Gasteiger partial charge in [0.1, 0.15) is 17.4 Å². The topological polar surface area (TPSA) is 105 Å². The van der Waals surface area contributed by atoms with E-state index in [9.17, 15) is 5.11 Å². The third kappa shape index (κ3) is 4.91. The van der Waals surface area contributed by atoms with Crippen LogP contribution >= 0.6 is 0 Å². The van der Waals surface area contributed by atoms with Gasteiger partial charge in [-0.05, 0) is 81.7 Å². The highest BCUT2D eigenvalue weighted by Crippen LogP contribution is 2.42. The predicted octanol–water partition coefficient (Wildman–Crippen LogP) is 4.57. The van der Waals surface area contributed by atoms with Crippen molar-refractivity contribution in [3.8, 4) is 34.0 Å². The standard InChI is InChI=1S/C26H31FN6O2/c1-25-7-4-8-26(2,33-25)13-16(12-25)14-28-22-6-5-20(30-31-22)24-19(27)9-17(10-21(24)34)18-11-23(35-3)32-29-15-18/h5-6,9-11,15-16,33-34H,4,7-8,12-14H2,1-3H3,(H,28,31). The fraction of sp³-hybridized carbons (Fsp3) is 0.462. The van der Waals surface area contributed by atoms with Gasteiger partial charge < -0.3 is 20.5 Å². The number of hydrogen-bond donors (Lipinski definition) is 3. The maximum atomic E-state index is 15.0. The quantitative estimate of drug-likeness (QED) is 0.473. The highest BCUT2D eigenvalue weighted by molar-refractivity contribution is 5.75. The van der Waals surface area contributed by atoms with Crippen molar-refractivity contribution in [2.45, 2.75) is 57.0 Å². The number of phenols is 1. The van der Waals surface area contributed by atoms with E-state index < -0.39 is 5.82 Å². The molecule has 35 heavy (non-hydrogen) atoms. The van der Waals surface area contributed by atoms with Crippen LogP contribution in [-0.4, -0.2) is 50.2 Å². The van der Waals surface area contributed by atoms with Crippen LogP contribution in [0.4, 0.5) is 10.2 Å². The number of ether oxygens (including phenoxy) is 1. The first-order valence-electron chi connectivity index (χ1n) is 12.0. The number of aromatic nitrogens is 4. The van der Waals surface area contributed by atoms with Crippen molar-refractivity contribution in [1.82, 2.24) is 25.7 Å². The van der Waals surface area contributed by atoms with Crippen molar-refractivity contribution in [3.63, 3.8) is 0 Å². The van der Waals surface area contributed by atoms with Gasteiger partial charge in [-0.1, -0.05) is 0 Å². The van der Waals surface area contributed by atoms with E-state index in [2.05, 4.69) is 44.9 Å². The molecule has 2 aromatic heterocycles. The molecular formula is C26H31FN6O2. The molecule has 2 atom stereocenters. The van der Waals surface area contributed by atoms with Gasteiger partial charge in [0.05, 0.1) is 24.6 Å². The molecule has 0 amide bonds. The Bertz CT molecular complexity index is 1180. The first-order chi connectivity index (χ1) is 16.8. The fourth-order valence-electron chi connectivity index (χ4n) is 5.95. The van der Waals surface area contributed by atoms with E-state index in [1.54, 1.807) is 18.2 Å². The number of rotatable bonds is 6. The first-order valence-corrected chi connectivity index (χ1v) is 12.0. The molecule has 5 rings (SSSR count). The number of benzene rings is 1. The molecule has 2 fully saturated rings. The average molecular weight is 479 g/mol. The van der Waals surface area contributed by atoms with Crippen LogP contribution in [-0.2, 0) is 0 Å². The van der Waals surface area contributed by atoms with Gasteiger partial charge in [-0.15, -0.1) is 15.3 Å². The van der Waals surface area contributed by atoms with E-state index in [1.165, 1.54) is 44.7 Å². The largest absolute Gasteiger partial charge is 0.507 e. The summed E-state index contributed by atoms with van der Waals surface area (Å²) in [6, 6.07) is 7.87. The lowest BCUT2D eigenvalue weighted by molar-refractivity contribution is 0.0589. The highest BCUT2D eigenvalue weighted by Gasteiger charge is 2.45. The van der Waals surface area contributed by atoms with Gasteiger partial charge >= 0.3 is 0 Å². The van der Waals surface area contributed by atoms with E-state index in [1.807, 2.05) is 0 Å². The molecule has 0 saturated carbocycles. The summed E-state index contributed by atoms with van der Waals surface area (Å²) in [5, 5.41) is 33.9. The van der Waals surface area contributed by atoms with Gasteiger partial charge in [-0.2, -0.15) is 5.10 Å². The van der Waals surface area contributed by atoms with Gasteiger partial charge in [-0.25, -0.2) is 4.39 Å². The molecule has 184 valence electrons. The van der Waals surface area contributed by atoms with Gasteiger partial charge in [0, 0.05) is 29.3 Å². The van der Waals surface area contributed by atoms with Gasteiger partial charge in [0.2, 0.25) is 5.88 Å². The van der Waals surface area contributed by atoms with Gasteiger partial charge in [-0.3, -0.25) is 0 Å². The van der Waals surface area contributed by atoms with Crippen LogP contribution in [0.1, 0.15) is 46.0 Å². The number of piperidine rings is 2. The number of halogens is 1. The third-order valence-corrected chi connectivity index (χ3v) is 7.28. The number of anilines is 1. The number of phenolic OH excluding ortho intramolecular Hbond substituents is 1. The molecule has 0 radical (unpaired) electrons. The highest BCUT2D eigenvalue weighted by atomic mass is 19.1.